The molecule has 0 aliphatic carbocycles. The average Bonchev–Trinajstić information content (AvgIpc) is 2.93. The average molecular weight is 559 g/mol. The molecule has 10 nitrogen and oxygen atoms in total. The van der Waals surface area contributed by atoms with E-state index in [1.165, 1.54) is 77.0 Å². The summed E-state index contributed by atoms with van der Waals surface area (Å²) in [6, 6.07) is 0. The van der Waals surface area contributed by atoms with Crippen LogP contribution in [0.1, 0.15) is 129 Å². The van der Waals surface area contributed by atoms with Crippen molar-refractivity contribution in [2.24, 2.45) is 5.90 Å². The molecule has 0 aliphatic rings. The van der Waals surface area contributed by atoms with Gasteiger partial charge in [0.25, 0.3) is 0 Å². The van der Waals surface area contributed by atoms with E-state index in [2.05, 4.69) is 21.8 Å². The second-order valence-electron chi connectivity index (χ2n) is 10.2. The van der Waals surface area contributed by atoms with Crippen LogP contribution in [0.2, 0.25) is 0 Å². The molecule has 1 unspecified atom stereocenters. The first-order valence-electron chi connectivity index (χ1n) is 14.8. The number of carbonyl (C=O) groups excluding carboxylic acids is 4. The number of rotatable bonds is 26. The molecule has 0 bridgehead atoms. The minimum atomic E-state index is -1.92. The van der Waals surface area contributed by atoms with Gasteiger partial charge in [-0.2, -0.15) is 5.90 Å². The quantitative estimate of drug-likeness (QED) is 0.0846. The van der Waals surface area contributed by atoms with E-state index >= 15 is 0 Å². The number of nitrogens with one attached hydrogen (secondary N) is 1. The molecule has 0 saturated heterocycles. The Balaban J connectivity index is 3.95. The monoisotopic (exact) mass is 558 g/mol. The molecule has 0 aliphatic heterocycles. The number of amides is 1. The normalized spacial score (nSPS) is 12.4. The summed E-state index contributed by atoms with van der Waals surface area (Å²) in [5.41, 5.74) is -1.92. The van der Waals surface area contributed by atoms with E-state index in [4.69, 9.17) is 15.4 Å². The lowest BCUT2D eigenvalue weighted by Crippen LogP contribution is -2.47. The van der Waals surface area contributed by atoms with Crippen LogP contribution in [-0.4, -0.2) is 56.8 Å². The molecule has 0 aromatic carbocycles. The molecule has 0 radical (unpaired) electrons. The molecule has 1 atom stereocenters. The second-order valence-corrected chi connectivity index (χ2v) is 10.2. The van der Waals surface area contributed by atoms with Crippen molar-refractivity contribution in [2.75, 3.05) is 27.4 Å². The van der Waals surface area contributed by atoms with Gasteiger partial charge < -0.3 is 24.4 Å². The van der Waals surface area contributed by atoms with Crippen LogP contribution in [0.4, 0.5) is 0 Å². The summed E-state index contributed by atoms with van der Waals surface area (Å²) < 4.78 is 15.0. The minimum absolute atomic E-state index is 0.0107. The summed E-state index contributed by atoms with van der Waals surface area (Å²) in [5, 5.41) is 2.83. The number of unbranched alkanes of at least 4 members (excludes halogenated alkanes) is 14. The molecule has 0 spiro atoms. The lowest BCUT2D eigenvalue weighted by molar-refractivity contribution is -0.183. The fourth-order valence-corrected chi connectivity index (χ4v) is 4.45. The molecule has 0 saturated carbocycles. The number of ether oxygens (including phenoxy) is 3. The van der Waals surface area contributed by atoms with Gasteiger partial charge in [0.2, 0.25) is 5.91 Å². The molecule has 228 valence electrons. The summed E-state index contributed by atoms with van der Waals surface area (Å²) >= 11 is 0. The molecule has 0 aromatic heterocycles. The molecule has 0 rings (SSSR count). The number of nitrogens with two attached hydrogens (primary N) is 1. The van der Waals surface area contributed by atoms with E-state index in [0.29, 0.717) is 19.4 Å². The second kappa shape index (κ2) is 24.8. The van der Waals surface area contributed by atoms with Crippen LogP contribution >= 0.6 is 0 Å². The highest BCUT2D eigenvalue weighted by Crippen LogP contribution is 2.25. The Kier molecular flexibility index (Phi) is 23.4. The van der Waals surface area contributed by atoms with Gasteiger partial charge >= 0.3 is 17.9 Å². The van der Waals surface area contributed by atoms with E-state index in [1.54, 1.807) is 0 Å². The first kappa shape index (κ1) is 36.8. The summed E-state index contributed by atoms with van der Waals surface area (Å²) in [4.78, 5) is 52.2. The van der Waals surface area contributed by atoms with E-state index in [0.717, 1.165) is 33.5 Å². The maximum atomic E-state index is 12.4. The third-order valence-corrected chi connectivity index (χ3v) is 6.81. The Morgan fingerprint density at radius 2 is 1.15 bits per heavy atom. The molecule has 0 fully saturated rings. The van der Waals surface area contributed by atoms with E-state index in [-0.39, 0.29) is 12.5 Å². The highest BCUT2D eigenvalue weighted by molar-refractivity contribution is 5.90. The van der Waals surface area contributed by atoms with Crippen molar-refractivity contribution in [3.05, 3.63) is 0 Å². The topological polar surface area (TPSA) is 143 Å². The lowest BCUT2D eigenvalue weighted by atomic mass is 9.95. The Morgan fingerprint density at radius 3 is 1.62 bits per heavy atom. The molecule has 39 heavy (non-hydrogen) atoms. The molecule has 1 amide bonds. The fraction of sp³-hybridized carbons (Fsp3) is 0.862. The molecule has 10 heteroatoms. The van der Waals surface area contributed by atoms with Crippen molar-refractivity contribution in [3.8, 4) is 0 Å². The standard InChI is InChI=1S/C29H54N2O8/c1-4-5-6-7-8-9-10-11-12-13-14-15-16-17-18-20-25(32)31-21-19-22-38-29(28(35)37-3,23-26(33)36-2)24-27(34)39-30/h4-24,30H2,1-3H3,(H,31,32). The molecule has 0 heterocycles. The zero-order valence-electron chi connectivity index (χ0n) is 24.7. The fourth-order valence-electron chi connectivity index (χ4n) is 4.45. The van der Waals surface area contributed by atoms with Crippen LogP contribution in [0.5, 0.6) is 0 Å². The SMILES string of the molecule is CCCCCCCCCCCCCCCCCC(=O)NCCCOC(CC(=O)OC)(CC(=O)ON)C(=O)OC. The number of hydrogen-bond acceptors (Lipinski definition) is 9. The van der Waals surface area contributed by atoms with Gasteiger partial charge in [0.1, 0.15) is 0 Å². The third-order valence-electron chi connectivity index (χ3n) is 6.81. The van der Waals surface area contributed by atoms with Crippen molar-refractivity contribution in [2.45, 2.75) is 135 Å². The molecule has 0 aromatic rings. The van der Waals surface area contributed by atoms with Gasteiger partial charge in [-0.3, -0.25) is 14.4 Å². The van der Waals surface area contributed by atoms with Crippen molar-refractivity contribution >= 4 is 23.8 Å². The molecular formula is C29H54N2O8. The van der Waals surface area contributed by atoms with Crippen LogP contribution < -0.4 is 11.2 Å². The smallest absolute Gasteiger partial charge is 0.339 e. The van der Waals surface area contributed by atoms with Gasteiger partial charge in [0.15, 0.2) is 5.60 Å². The third kappa shape index (κ3) is 19.5. The first-order chi connectivity index (χ1) is 18.8. The Bertz CT molecular complexity index is 654. The Morgan fingerprint density at radius 1 is 0.667 bits per heavy atom. The van der Waals surface area contributed by atoms with Gasteiger partial charge in [-0.05, 0) is 12.8 Å². The van der Waals surface area contributed by atoms with Crippen LogP contribution in [0, 0.1) is 0 Å². The summed E-state index contributed by atoms with van der Waals surface area (Å²) in [5.74, 6) is 2.22. The van der Waals surface area contributed by atoms with Crippen molar-refractivity contribution in [3.63, 3.8) is 0 Å². The predicted molar refractivity (Wildman–Crippen MR) is 149 cm³/mol. The summed E-state index contributed by atoms with van der Waals surface area (Å²) in [7, 11) is 2.27. The van der Waals surface area contributed by atoms with Gasteiger partial charge in [0, 0.05) is 19.6 Å². The maximum Gasteiger partial charge on any atom is 0.339 e. The van der Waals surface area contributed by atoms with Gasteiger partial charge in [-0.1, -0.05) is 96.8 Å². The van der Waals surface area contributed by atoms with Crippen molar-refractivity contribution in [1.82, 2.24) is 5.32 Å². The highest BCUT2D eigenvalue weighted by Gasteiger charge is 2.46. The van der Waals surface area contributed by atoms with Gasteiger partial charge in [0.05, 0.1) is 27.1 Å². The summed E-state index contributed by atoms with van der Waals surface area (Å²) in [6.07, 6.45) is 18.8. The van der Waals surface area contributed by atoms with E-state index in [1.807, 2.05) is 0 Å². The van der Waals surface area contributed by atoms with Gasteiger partial charge in [-0.25, -0.2) is 4.79 Å². The number of carbonyl (C=O) groups is 4. The molecule has 3 N–H and O–H groups in total. The lowest BCUT2D eigenvalue weighted by Gasteiger charge is -2.29. The number of esters is 2. The van der Waals surface area contributed by atoms with Gasteiger partial charge in [-0.15, -0.1) is 0 Å². The maximum absolute atomic E-state index is 12.4. The number of methoxy groups -OCH3 is 2. The van der Waals surface area contributed by atoms with Crippen LogP contribution in [-0.2, 0) is 38.2 Å². The van der Waals surface area contributed by atoms with Crippen LogP contribution in [0.15, 0.2) is 0 Å². The highest BCUT2D eigenvalue weighted by atomic mass is 16.7. The molecular weight excluding hydrogens is 504 g/mol. The Labute approximate surface area is 235 Å². The summed E-state index contributed by atoms with van der Waals surface area (Å²) in [6.45, 7) is 2.57. The van der Waals surface area contributed by atoms with Crippen LogP contribution in [0.25, 0.3) is 0 Å². The van der Waals surface area contributed by atoms with E-state index in [9.17, 15) is 19.2 Å². The van der Waals surface area contributed by atoms with Crippen molar-refractivity contribution < 1.29 is 38.2 Å². The first-order valence-corrected chi connectivity index (χ1v) is 14.8. The van der Waals surface area contributed by atoms with E-state index < -0.39 is 36.4 Å². The van der Waals surface area contributed by atoms with Crippen LogP contribution in [0.3, 0.4) is 0 Å². The zero-order valence-corrected chi connectivity index (χ0v) is 24.7. The van der Waals surface area contributed by atoms with Crippen molar-refractivity contribution in [1.29, 1.82) is 0 Å². The predicted octanol–water partition coefficient (Wildman–Crippen LogP) is 5.05. The largest absolute Gasteiger partial charge is 0.469 e. The number of hydrogen-bond donors (Lipinski definition) is 2. The minimum Gasteiger partial charge on any atom is -0.469 e. The zero-order chi connectivity index (χ0) is 29.2. The Hall–Kier alpha value is -2.20.